The summed E-state index contributed by atoms with van der Waals surface area (Å²) >= 11 is 3.40. The normalized spacial score (nSPS) is 15.9. The first-order valence-electron chi connectivity index (χ1n) is 5.19. The third-order valence-electron chi connectivity index (χ3n) is 2.44. The van der Waals surface area contributed by atoms with E-state index in [1.54, 1.807) is 6.07 Å². The molecule has 0 unspecified atom stereocenters. The van der Waals surface area contributed by atoms with Crippen molar-refractivity contribution in [3.05, 3.63) is 22.2 Å². The van der Waals surface area contributed by atoms with Crippen molar-refractivity contribution in [2.45, 2.75) is 12.5 Å². The summed E-state index contributed by atoms with van der Waals surface area (Å²) in [5.74, 6) is 1.38. The topological polar surface area (TPSA) is 64.7 Å². The van der Waals surface area contributed by atoms with E-state index in [1.807, 2.05) is 6.07 Å². The number of aliphatic hydroxyl groups excluding tert-OH is 1. The van der Waals surface area contributed by atoms with Gasteiger partial charge in [0.25, 0.3) is 0 Å². The molecule has 5 heteroatoms. The van der Waals surface area contributed by atoms with Gasteiger partial charge >= 0.3 is 0 Å². The summed E-state index contributed by atoms with van der Waals surface area (Å²) in [6.45, 7) is 1.54. The Morgan fingerprint density at radius 3 is 2.88 bits per heavy atom. The lowest BCUT2D eigenvalue weighted by Crippen LogP contribution is -2.16. The van der Waals surface area contributed by atoms with Crippen LogP contribution in [0, 0.1) is 0 Å². The van der Waals surface area contributed by atoms with Crippen molar-refractivity contribution in [1.82, 2.24) is 0 Å². The molecule has 0 fully saturated rings. The summed E-state index contributed by atoms with van der Waals surface area (Å²) in [7, 11) is 0. The Balaban J connectivity index is 2.31. The molecule has 88 valence electrons. The summed E-state index contributed by atoms with van der Waals surface area (Å²) in [6.07, 6.45) is -0.0244. The highest BCUT2D eigenvalue weighted by Gasteiger charge is 2.18. The van der Waals surface area contributed by atoms with Gasteiger partial charge in [-0.15, -0.1) is 0 Å². The molecule has 1 atom stereocenters. The molecule has 0 amide bonds. The molecule has 0 spiro atoms. The third-order valence-corrected chi connectivity index (χ3v) is 3.03. The number of halogens is 1. The smallest absolute Gasteiger partial charge is 0.175 e. The van der Waals surface area contributed by atoms with Gasteiger partial charge in [-0.3, -0.25) is 0 Å². The Kier molecular flexibility index (Phi) is 3.68. The number of rotatable bonds is 3. The fourth-order valence-corrected chi connectivity index (χ4v) is 2.22. The molecule has 0 bridgehead atoms. The standard InChI is InChI=1S/C11H14BrNO3/c12-8-5-7(9(14)1-2-13)6-10-11(8)16-4-3-15-10/h5-6,9,14H,1-4,13H2/t9-/m1/s1. The second-order valence-corrected chi connectivity index (χ2v) is 4.47. The lowest BCUT2D eigenvalue weighted by molar-refractivity contribution is 0.160. The van der Waals surface area contributed by atoms with Crippen LogP contribution in [0.1, 0.15) is 18.1 Å². The van der Waals surface area contributed by atoms with Crippen LogP contribution in [-0.2, 0) is 0 Å². The molecule has 1 aliphatic rings. The lowest BCUT2D eigenvalue weighted by atomic mass is 10.1. The molecule has 16 heavy (non-hydrogen) atoms. The van der Waals surface area contributed by atoms with E-state index in [2.05, 4.69) is 15.9 Å². The Morgan fingerprint density at radius 1 is 1.38 bits per heavy atom. The van der Waals surface area contributed by atoms with E-state index in [9.17, 15) is 5.11 Å². The Hall–Kier alpha value is -0.780. The van der Waals surface area contributed by atoms with Crippen LogP contribution in [0.4, 0.5) is 0 Å². The third kappa shape index (κ3) is 2.31. The van der Waals surface area contributed by atoms with Gasteiger partial charge in [0.2, 0.25) is 0 Å². The van der Waals surface area contributed by atoms with E-state index in [0.717, 1.165) is 10.0 Å². The van der Waals surface area contributed by atoms with Crippen LogP contribution in [-0.4, -0.2) is 24.9 Å². The molecule has 2 rings (SSSR count). The number of nitrogens with two attached hydrogens (primary N) is 1. The van der Waals surface area contributed by atoms with Crippen molar-refractivity contribution in [2.24, 2.45) is 5.73 Å². The first kappa shape index (κ1) is 11.7. The van der Waals surface area contributed by atoms with Crippen molar-refractivity contribution in [3.63, 3.8) is 0 Å². The van der Waals surface area contributed by atoms with Crippen molar-refractivity contribution in [2.75, 3.05) is 19.8 Å². The molecule has 0 aliphatic carbocycles. The minimum atomic E-state index is -0.558. The average Bonchev–Trinajstić information content (AvgIpc) is 2.29. The number of hydrogen-bond acceptors (Lipinski definition) is 4. The Morgan fingerprint density at radius 2 is 2.12 bits per heavy atom. The summed E-state index contributed by atoms with van der Waals surface area (Å²) in [5, 5.41) is 9.85. The van der Waals surface area contributed by atoms with Gasteiger partial charge in [0, 0.05) is 0 Å². The van der Waals surface area contributed by atoms with Gasteiger partial charge in [0.05, 0.1) is 10.6 Å². The van der Waals surface area contributed by atoms with Gasteiger partial charge in [-0.25, -0.2) is 0 Å². The first-order chi connectivity index (χ1) is 7.72. The highest BCUT2D eigenvalue weighted by atomic mass is 79.9. The van der Waals surface area contributed by atoms with Gasteiger partial charge in [0.15, 0.2) is 11.5 Å². The highest BCUT2D eigenvalue weighted by molar-refractivity contribution is 9.10. The fraction of sp³-hybridized carbons (Fsp3) is 0.455. The highest BCUT2D eigenvalue weighted by Crippen LogP contribution is 2.40. The summed E-state index contributed by atoms with van der Waals surface area (Å²) in [6, 6.07) is 3.65. The maximum absolute atomic E-state index is 9.85. The second kappa shape index (κ2) is 5.03. The Bertz CT molecular complexity index is 384. The monoisotopic (exact) mass is 287 g/mol. The number of benzene rings is 1. The van der Waals surface area contributed by atoms with Crippen LogP contribution in [0.5, 0.6) is 11.5 Å². The zero-order valence-corrected chi connectivity index (χ0v) is 10.4. The minimum Gasteiger partial charge on any atom is -0.486 e. The molecule has 0 radical (unpaired) electrons. The predicted octanol–water partition coefficient (Wildman–Crippen LogP) is 1.60. The number of fused-ring (bicyclic) bond motifs is 1. The van der Waals surface area contributed by atoms with E-state index >= 15 is 0 Å². The minimum absolute atomic E-state index is 0.452. The average molecular weight is 288 g/mol. The van der Waals surface area contributed by atoms with Crippen LogP contribution in [0.2, 0.25) is 0 Å². The van der Waals surface area contributed by atoms with E-state index in [4.69, 9.17) is 15.2 Å². The van der Waals surface area contributed by atoms with Gasteiger partial charge in [0.1, 0.15) is 13.2 Å². The molecule has 1 aromatic carbocycles. The summed E-state index contributed by atoms with van der Waals surface area (Å²) in [4.78, 5) is 0. The molecule has 0 saturated heterocycles. The summed E-state index contributed by atoms with van der Waals surface area (Å²) < 4.78 is 11.7. The van der Waals surface area contributed by atoms with Crippen molar-refractivity contribution >= 4 is 15.9 Å². The van der Waals surface area contributed by atoms with Crippen molar-refractivity contribution in [3.8, 4) is 11.5 Å². The largest absolute Gasteiger partial charge is 0.486 e. The molecule has 1 heterocycles. The Labute approximate surface area is 102 Å². The van der Waals surface area contributed by atoms with Crippen LogP contribution >= 0.6 is 15.9 Å². The second-order valence-electron chi connectivity index (χ2n) is 3.62. The van der Waals surface area contributed by atoms with Gasteiger partial charge < -0.3 is 20.3 Å². The van der Waals surface area contributed by atoms with E-state index in [1.165, 1.54) is 0 Å². The maximum atomic E-state index is 9.85. The zero-order valence-electron chi connectivity index (χ0n) is 8.78. The molecule has 4 nitrogen and oxygen atoms in total. The molecular formula is C11H14BrNO3. The predicted molar refractivity (Wildman–Crippen MR) is 63.8 cm³/mol. The van der Waals surface area contributed by atoms with E-state index < -0.39 is 6.10 Å². The molecular weight excluding hydrogens is 274 g/mol. The molecule has 3 N–H and O–H groups in total. The first-order valence-corrected chi connectivity index (χ1v) is 5.99. The van der Waals surface area contributed by atoms with Gasteiger partial charge in [-0.05, 0) is 46.6 Å². The maximum Gasteiger partial charge on any atom is 0.175 e. The number of ether oxygens (including phenoxy) is 2. The number of aliphatic hydroxyl groups is 1. The summed E-state index contributed by atoms with van der Waals surface area (Å²) in [5.41, 5.74) is 6.21. The van der Waals surface area contributed by atoms with Crippen LogP contribution in [0.25, 0.3) is 0 Å². The number of hydrogen-bond donors (Lipinski definition) is 2. The van der Waals surface area contributed by atoms with Crippen LogP contribution in [0.3, 0.4) is 0 Å². The van der Waals surface area contributed by atoms with E-state index in [-0.39, 0.29) is 0 Å². The molecule has 1 aromatic rings. The molecule has 0 saturated carbocycles. The quantitative estimate of drug-likeness (QED) is 0.886. The molecule has 1 aliphatic heterocycles. The van der Waals surface area contributed by atoms with Crippen LogP contribution in [0.15, 0.2) is 16.6 Å². The van der Waals surface area contributed by atoms with Crippen LogP contribution < -0.4 is 15.2 Å². The SMILES string of the molecule is NCC[C@@H](O)c1cc(Br)c2c(c1)OCCO2. The zero-order chi connectivity index (χ0) is 11.5. The van der Waals surface area contributed by atoms with E-state index in [0.29, 0.717) is 37.7 Å². The van der Waals surface area contributed by atoms with Crippen molar-refractivity contribution in [1.29, 1.82) is 0 Å². The molecule has 0 aromatic heterocycles. The van der Waals surface area contributed by atoms with Crippen molar-refractivity contribution < 1.29 is 14.6 Å². The fourth-order valence-electron chi connectivity index (χ4n) is 1.65. The van der Waals surface area contributed by atoms with Gasteiger partial charge in [-0.2, -0.15) is 0 Å². The lowest BCUT2D eigenvalue weighted by Gasteiger charge is -2.21. The van der Waals surface area contributed by atoms with Gasteiger partial charge in [-0.1, -0.05) is 0 Å².